The van der Waals surface area contributed by atoms with Gasteiger partial charge in [0, 0.05) is 13.2 Å². The minimum atomic E-state index is 0.291. The van der Waals surface area contributed by atoms with Crippen LogP contribution in [-0.4, -0.2) is 23.4 Å². The van der Waals surface area contributed by atoms with Crippen LogP contribution in [0.4, 0.5) is 0 Å². The highest BCUT2D eigenvalue weighted by Gasteiger charge is 1.95. The molecule has 0 aromatic heterocycles. The maximum absolute atomic E-state index is 8.69. The first-order valence-corrected chi connectivity index (χ1v) is 6.16. The third kappa shape index (κ3) is 5.29. The van der Waals surface area contributed by atoms with Crippen LogP contribution in [0.25, 0.3) is 0 Å². The van der Waals surface area contributed by atoms with Crippen molar-refractivity contribution in [2.24, 2.45) is 0 Å². The summed E-state index contributed by atoms with van der Waals surface area (Å²) in [6.45, 7) is 0.582. The molecule has 0 bridgehead atoms. The number of aryl methyl sites for hydroxylation is 2. The lowest BCUT2D eigenvalue weighted by atomic mass is 10.0. The number of aliphatic hydroxyl groups excluding tert-OH is 2. The van der Waals surface area contributed by atoms with Gasteiger partial charge in [0.2, 0.25) is 0 Å². The zero-order chi connectivity index (χ0) is 11.6. The van der Waals surface area contributed by atoms with Gasteiger partial charge in [0.1, 0.15) is 0 Å². The van der Waals surface area contributed by atoms with Gasteiger partial charge in [0.05, 0.1) is 0 Å². The zero-order valence-electron chi connectivity index (χ0n) is 9.86. The second-order valence-electron chi connectivity index (χ2n) is 4.18. The molecule has 0 spiro atoms. The van der Waals surface area contributed by atoms with E-state index < -0.39 is 0 Å². The van der Waals surface area contributed by atoms with Crippen molar-refractivity contribution in [2.45, 2.75) is 38.5 Å². The van der Waals surface area contributed by atoms with Gasteiger partial charge in [-0.1, -0.05) is 24.3 Å². The highest BCUT2D eigenvalue weighted by molar-refractivity contribution is 5.22. The Morgan fingerprint density at radius 2 is 1.00 bits per heavy atom. The molecule has 0 heterocycles. The highest BCUT2D eigenvalue weighted by Crippen LogP contribution is 2.10. The minimum Gasteiger partial charge on any atom is -0.396 e. The molecule has 0 aliphatic rings. The third-order valence-corrected chi connectivity index (χ3v) is 2.77. The molecule has 0 aliphatic carbocycles. The fourth-order valence-electron chi connectivity index (χ4n) is 1.75. The maximum atomic E-state index is 8.69. The van der Waals surface area contributed by atoms with Crippen molar-refractivity contribution in [2.75, 3.05) is 13.2 Å². The van der Waals surface area contributed by atoms with Crippen LogP contribution in [0.5, 0.6) is 0 Å². The van der Waals surface area contributed by atoms with E-state index in [1.807, 2.05) is 0 Å². The normalized spacial score (nSPS) is 10.6. The van der Waals surface area contributed by atoms with Crippen molar-refractivity contribution < 1.29 is 10.2 Å². The van der Waals surface area contributed by atoms with Gasteiger partial charge in [-0.3, -0.25) is 0 Å². The van der Waals surface area contributed by atoms with Crippen molar-refractivity contribution >= 4 is 0 Å². The lowest BCUT2D eigenvalue weighted by Crippen LogP contribution is -1.91. The molecule has 0 radical (unpaired) electrons. The van der Waals surface area contributed by atoms with Gasteiger partial charge in [0.25, 0.3) is 0 Å². The molecule has 0 aliphatic heterocycles. The predicted octanol–water partition coefficient (Wildman–Crippen LogP) is 2.32. The largest absolute Gasteiger partial charge is 0.396 e. The Morgan fingerprint density at radius 3 is 1.31 bits per heavy atom. The Morgan fingerprint density at radius 1 is 0.625 bits per heavy atom. The van der Waals surface area contributed by atoms with Gasteiger partial charge in [-0.25, -0.2) is 0 Å². The van der Waals surface area contributed by atoms with Gasteiger partial charge in [-0.2, -0.15) is 0 Å². The van der Waals surface area contributed by atoms with Gasteiger partial charge in [0.15, 0.2) is 0 Å². The average Bonchev–Trinajstić information content (AvgIpc) is 2.32. The van der Waals surface area contributed by atoms with Crippen LogP contribution in [0.15, 0.2) is 24.3 Å². The zero-order valence-corrected chi connectivity index (χ0v) is 9.86. The second kappa shape index (κ2) is 8.31. The van der Waals surface area contributed by atoms with E-state index in [1.54, 1.807) is 0 Å². The lowest BCUT2D eigenvalue weighted by molar-refractivity contribution is 0.284. The molecule has 2 heteroatoms. The van der Waals surface area contributed by atoms with E-state index in [0.717, 1.165) is 38.5 Å². The van der Waals surface area contributed by atoms with E-state index in [-0.39, 0.29) is 0 Å². The molecule has 0 saturated heterocycles. The predicted molar refractivity (Wildman–Crippen MR) is 66.5 cm³/mol. The van der Waals surface area contributed by atoms with Gasteiger partial charge >= 0.3 is 0 Å². The molecule has 1 aromatic carbocycles. The van der Waals surface area contributed by atoms with E-state index in [4.69, 9.17) is 10.2 Å². The fourth-order valence-corrected chi connectivity index (χ4v) is 1.75. The van der Waals surface area contributed by atoms with Gasteiger partial charge < -0.3 is 10.2 Å². The molecule has 0 amide bonds. The maximum Gasteiger partial charge on any atom is 0.0431 e. The van der Waals surface area contributed by atoms with E-state index in [1.165, 1.54) is 11.1 Å². The van der Waals surface area contributed by atoms with Crippen molar-refractivity contribution in [3.63, 3.8) is 0 Å². The Labute approximate surface area is 97.9 Å². The topological polar surface area (TPSA) is 40.5 Å². The van der Waals surface area contributed by atoms with Crippen LogP contribution >= 0.6 is 0 Å². The summed E-state index contributed by atoms with van der Waals surface area (Å²) in [6, 6.07) is 8.69. The lowest BCUT2D eigenvalue weighted by Gasteiger charge is -2.03. The molecule has 0 saturated carbocycles. The van der Waals surface area contributed by atoms with E-state index in [2.05, 4.69) is 24.3 Å². The van der Waals surface area contributed by atoms with Crippen LogP contribution in [0, 0.1) is 0 Å². The Kier molecular flexibility index (Phi) is 6.86. The summed E-state index contributed by atoms with van der Waals surface area (Å²) >= 11 is 0. The van der Waals surface area contributed by atoms with E-state index >= 15 is 0 Å². The summed E-state index contributed by atoms with van der Waals surface area (Å²) in [5.41, 5.74) is 2.69. The number of rotatable bonds is 8. The Balaban J connectivity index is 2.30. The number of benzene rings is 1. The highest BCUT2D eigenvalue weighted by atomic mass is 16.3. The Hall–Kier alpha value is -0.860. The van der Waals surface area contributed by atoms with E-state index in [9.17, 15) is 0 Å². The van der Waals surface area contributed by atoms with Crippen LogP contribution in [0.3, 0.4) is 0 Å². The molecule has 0 atom stereocenters. The fraction of sp³-hybridized carbons (Fsp3) is 0.571. The smallest absolute Gasteiger partial charge is 0.0431 e. The first-order valence-electron chi connectivity index (χ1n) is 6.16. The molecule has 16 heavy (non-hydrogen) atoms. The molecule has 1 aromatic rings. The molecule has 0 fully saturated rings. The monoisotopic (exact) mass is 222 g/mol. The molecule has 2 nitrogen and oxygen atoms in total. The van der Waals surface area contributed by atoms with Gasteiger partial charge in [-0.15, -0.1) is 0 Å². The van der Waals surface area contributed by atoms with Crippen LogP contribution in [0.2, 0.25) is 0 Å². The number of hydrogen-bond donors (Lipinski definition) is 2. The molecule has 90 valence electrons. The third-order valence-electron chi connectivity index (χ3n) is 2.77. The summed E-state index contributed by atoms with van der Waals surface area (Å²) in [4.78, 5) is 0. The summed E-state index contributed by atoms with van der Waals surface area (Å²) in [5.74, 6) is 0. The van der Waals surface area contributed by atoms with Crippen molar-refractivity contribution in [1.82, 2.24) is 0 Å². The standard InChI is InChI=1S/C14H22O2/c15-11-3-1-5-13-7-9-14(10-8-13)6-2-4-12-16/h7-10,15-16H,1-6,11-12H2. The molecular weight excluding hydrogens is 200 g/mol. The quantitative estimate of drug-likeness (QED) is 0.663. The van der Waals surface area contributed by atoms with Crippen LogP contribution in [-0.2, 0) is 12.8 Å². The van der Waals surface area contributed by atoms with Crippen molar-refractivity contribution in [3.05, 3.63) is 35.4 Å². The summed E-state index contributed by atoms with van der Waals surface area (Å²) < 4.78 is 0. The molecular formula is C14H22O2. The molecule has 1 rings (SSSR count). The molecule has 0 unspecified atom stereocenters. The number of aliphatic hydroxyl groups is 2. The first kappa shape index (κ1) is 13.2. The van der Waals surface area contributed by atoms with E-state index in [0.29, 0.717) is 13.2 Å². The second-order valence-corrected chi connectivity index (χ2v) is 4.18. The number of unbranched alkanes of at least 4 members (excludes halogenated alkanes) is 2. The summed E-state index contributed by atoms with van der Waals surface area (Å²) in [5, 5.41) is 17.4. The van der Waals surface area contributed by atoms with Crippen LogP contribution in [0.1, 0.15) is 36.8 Å². The van der Waals surface area contributed by atoms with Crippen LogP contribution < -0.4 is 0 Å². The number of hydrogen-bond acceptors (Lipinski definition) is 2. The minimum absolute atomic E-state index is 0.291. The van der Waals surface area contributed by atoms with Crippen molar-refractivity contribution in [1.29, 1.82) is 0 Å². The Bertz CT molecular complexity index is 238. The summed E-state index contributed by atoms with van der Waals surface area (Å²) in [7, 11) is 0. The van der Waals surface area contributed by atoms with Crippen molar-refractivity contribution in [3.8, 4) is 0 Å². The van der Waals surface area contributed by atoms with Gasteiger partial charge in [-0.05, 0) is 49.7 Å². The average molecular weight is 222 g/mol. The summed E-state index contributed by atoms with van der Waals surface area (Å²) in [6.07, 6.45) is 5.99. The first-order chi connectivity index (χ1) is 7.86. The SMILES string of the molecule is OCCCCc1ccc(CCCCO)cc1. The molecule has 2 N–H and O–H groups in total.